The molecule has 4 nitrogen and oxygen atoms in total. The Morgan fingerprint density at radius 1 is 1.30 bits per heavy atom. The van der Waals surface area contributed by atoms with Crippen LogP contribution in [-0.4, -0.2) is 29.8 Å². The van der Waals surface area contributed by atoms with Crippen LogP contribution in [0.2, 0.25) is 0 Å². The van der Waals surface area contributed by atoms with Crippen LogP contribution in [0.5, 0.6) is 0 Å². The lowest BCUT2D eigenvalue weighted by Crippen LogP contribution is -2.30. The Kier molecular flexibility index (Phi) is 4.71. The van der Waals surface area contributed by atoms with E-state index in [1.165, 1.54) is 23.5 Å². The Bertz CT molecular complexity index is 685. The van der Waals surface area contributed by atoms with Gasteiger partial charge in [0.15, 0.2) is 0 Å². The Morgan fingerprint density at radius 2 is 2.09 bits per heavy atom. The second-order valence-electron chi connectivity index (χ2n) is 5.66. The standard InChI is InChI=1S/C17H17FN2O2S/c18-14-5-3-12(4-6-14)10-20-11-13(8-16(20)21)9-19-17(22)15-2-1-7-23-15/h1-7,13H,8-11H2,(H,19,22). The van der Waals surface area contributed by atoms with Crippen LogP contribution in [0.1, 0.15) is 21.7 Å². The lowest BCUT2D eigenvalue weighted by atomic mass is 10.1. The van der Waals surface area contributed by atoms with E-state index < -0.39 is 0 Å². The fourth-order valence-electron chi connectivity index (χ4n) is 2.69. The zero-order chi connectivity index (χ0) is 16.2. The molecule has 120 valence electrons. The van der Waals surface area contributed by atoms with Crippen molar-refractivity contribution in [1.82, 2.24) is 10.2 Å². The number of carbonyl (C=O) groups is 2. The van der Waals surface area contributed by atoms with Gasteiger partial charge in [-0.15, -0.1) is 11.3 Å². The molecular formula is C17H17FN2O2S. The number of thiophene rings is 1. The van der Waals surface area contributed by atoms with Crippen molar-refractivity contribution in [3.8, 4) is 0 Å². The number of nitrogens with one attached hydrogen (secondary N) is 1. The summed E-state index contributed by atoms with van der Waals surface area (Å²) in [5.41, 5.74) is 0.906. The molecule has 0 bridgehead atoms. The summed E-state index contributed by atoms with van der Waals surface area (Å²) in [6.07, 6.45) is 0.436. The van der Waals surface area contributed by atoms with Crippen LogP contribution >= 0.6 is 11.3 Å². The summed E-state index contributed by atoms with van der Waals surface area (Å²) in [4.78, 5) is 26.4. The van der Waals surface area contributed by atoms with Crippen molar-refractivity contribution in [2.75, 3.05) is 13.1 Å². The molecule has 3 rings (SSSR count). The van der Waals surface area contributed by atoms with E-state index in [1.54, 1.807) is 23.1 Å². The van der Waals surface area contributed by atoms with Gasteiger partial charge in [-0.05, 0) is 29.1 Å². The third-order valence-electron chi connectivity index (χ3n) is 3.88. The molecule has 1 unspecified atom stereocenters. The van der Waals surface area contributed by atoms with Gasteiger partial charge in [0.1, 0.15) is 5.82 Å². The van der Waals surface area contributed by atoms with Gasteiger partial charge in [0.25, 0.3) is 5.91 Å². The molecule has 0 radical (unpaired) electrons. The van der Waals surface area contributed by atoms with E-state index in [9.17, 15) is 14.0 Å². The average molecular weight is 332 g/mol. The molecule has 0 saturated carbocycles. The molecule has 1 N–H and O–H groups in total. The number of rotatable bonds is 5. The normalized spacial score (nSPS) is 17.5. The first kappa shape index (κ1) is 15.7. The van der Waals surface area contributed by atoms with Crippen LogP contribution < -0.4 is 5.32 Å². The Hall–Kier alpha value is -2.21. The number of hydrogen-bond acceptors (Lipinski definition) is 3. The molecule has 2 amide bonds. The lowest BCUT2D eigenvalue weighted by molar-refractivity contribution is -0.128. The first-order chi connectivity index (χ1) is 11.1. The molecule has 1 aromatic heterocycles. The first-order valence-electron chi connectivity index (χ1n) is 7.46. The predicted molar refractivity (Wildman–Crippen MR) is 86.6 cm³/mol. The highest BCUT2D eigenvalue weighted by molar-refractivity contribution is 7.12. The van der Waals surface area contributed by atoms with Crippen LogP contribution in [0.15, 0.2) is 41.8 Å². The number of hydrogen-bond donors (Lipinski definition) is 1. The van der Waals surface area contributed by atoms with E-state index in [0.717, 1.165) is 5.56 Å². The fraction of sp³-hybridized carbons (Fsp3) is 0.294. The summed E-state index contributed by atoms with van der Waals surface area (Å²) in [5, 5.41) is 4.74. The monoisotopic (exact) mass is 332 g/mol. The third kappa shape index (κ3) is 3.96. The van der Waals surface area contributed by atoms with Crippen LogP contribution in [0.3, 0.4) is 0 Å². The molecular weight excluding hydrogens is 315 g/mol. The van der Waals surface area contributed by atoms with Gasteiger partial charge in [-0.25, -0.2) is 4.39 Å². The van der Waals surface area contributed by atoms with Crippen molar-refractivity contribution < 1.29 is 14.0 Å². The van der Waals surface area contributed by atoms with Crippen molar-refractivity contribution in [1.29, 1.82) is 0 Å². The van der Waals surface area contributed by atoms with Gasteiger partial charge in [0.2, 0.25) is 5.91 Å². The number of likely N-dealkylation sites (tertiary alicyclic amines) is 1. The molecule has 1 atom stereocenters. The molecule has 0 aliphatic carbocycles. The van der Waals surface area contributed by atoms with E-state index in [1.807, 2.05) is 11.4 Å². The molecule has 1 saturated heterocycles. The summed E-state index contributed by atoms with van der Waals surface area (Å²) < 4.78 is 12.9. The third-order valence-corrected chi connectivity index (χ3v) is 4.75. The molecule has 2 aromatic rings. The van der Waals surface area contributed by atoms with Gasteiger partial charge in [0, 0.05) is 32.0 Å². The van der Waals surface area contributed by atoms with Crippen molar-refractivity contribution >= 4 is 23.2 Å². The maximum atomic E-state index is 12.9. The van der Waals surface area contributed by atoms with Crippen LogP contribution in [-0.2, 0) is 11.3 Å². The number of amides is 2. The Morgan fingerprint density at radius 3 is 2.78 bits per heavy atom. The van der Waals surface area contributed by atoms with Crippen LogP contribution in [0.25, 0.3) is 0 Å². The topological polar surface area (TPSA) is 49.4 Å². The largest absolute Gasteiger partial charge is 0.351 e. The van der Waals surface area contributed by atoms with E-state index in [-0.39, 0.29) is 23.5 Å². The zero-order valence-corrected chi connectivity index (χ0v) is 13.3. The van der Waals surface area contributed by atoms with Gasteiger partial charge in [-0.3, -0.25) is 9.59 Å². The molecule has 1 aliphatic heterocycles. The van der Waals surface area contributed by atoms with E-state index in [2.05, 4.69) is 5.32 Å². The smallest absolute Gasteiger partial charge is 0.261 e. The first-order valence-corrected chi connectivity index (χ1v) is 8.33. The van der Waals surface area contributed by atoms with Crippen molar-refractivity contribution in [3.63, 3.8) is 0 Å². The number of carbonyl (C=O) groups excluding carboxylic acids is 2. The SMILES string of the molecule is O=C(NCC1CC(=O)N(Cc2ccc(F)cc2)C1)c1cccs1. The number of nitrogens with zero attached hydrogens (tertiary/aromatic N) is 1. The van der Waals surface area contributed by atoms with Crippen molar-refractivity contribution in [2.24, 2.45) is 5.92 Å². The molecule has 23 heavy (non-hydrogen) atoms. The number of benzene rings is 1. The number of halogens is 1. The minimum absolute atomic E-state index is 0.0738. The zero-order valence-electron chi connectivity index (χ0n) is 12.5. The molecule has 6 heteroatoms. The van der Waals surface area contributed by atoms with E-state index >= 15 is 0 Å². The molecule has 1 aliphatic rings. The van der Waals surface area contributed by atoms with Crippen LogP contribution in [0.4, 0.5) is 4.39 Å². The summed E-state index contributed by atoms with van der Waals surface area (Å²) in [5.74, 6) is -0.184. The lowest BCUT2D eigenvalue weighted by Gasteiger charge is -2.17. The Labute approximate surface area is 137 Å². The average Bonchev–Trinajstić information content (AvgIpc) is 3.18. The van der Waals surface area contributed by atoms with Crippen molar-refractivity contribution in [2.45, 2.75) is 13.0 Å². The highest BCUT2D eigenvalue weighted by Gasteiger charge is 2.29. The van der Waals surface area contributed by atoms with Gasteiger partial charge >= 0.3 is 0 Å². The quantitative estimate of drug-likeness (QED) is 0.915. The molecule has 0 spiro atoms. The molecule has 1 aromatic carbocycles. The summed E-state index contributed by atoms with van der Waals surface area (Å²) in [6.45, 7) is 1.58. The second-order valence-corrected chi connectivity index (χ2v) is 6.61. The van der Waals surface area contributed by atoms with E-state index in [4.69, 9.17) is 0 Å². The highest BCUT2D eigenvalue weighted by Crippen LogP contribution is 2.20. The van der Waals surface area contributed by atoms with Crippen molar-refractivity contribution in [3.05, 3.63) is 58.0 Å². The summed E-state index contributed by atoms with van der Waals surface area (Å²) >= 11 is 1.40. The second kappa shape index (κ2) is 6.91. The summed E-state index contributed by atoms with van der Waals surface area (Å²) in [6, 6.07) is 9.79. The maximum Gasteiger partial charge on any atom is 0.261 e. The predicted octanol–water partition coefficient (Wildman–Crippen LogP) is 2.67. The van der Waals surface area contributed by atoms with E-state index in [0.29, 0.717) is 30.9 Å². The Balaban J connectivity index is 1.51. The van der Waals surface area contributed by atoms with Crippen LogP contribution in [0, 0.1) is 11.7 Å². The molecule has 2 heterocycles. The van der Waals surface area contributed by atoms with Gasteiger partial charge in [0.05, 0.1) is 4.88 Å². The fourth-order valence-corrected chi connectivity index (χ4v) is 3.33. The minimum Gasteiger partial charge on any atom is -0.351 e. The minimum atomic E-state index is -0.282. The summed E-state index contributed by atoms with van der Waals surface area (Å²) in [7, 11) is 0. The molecule has 1 fully saturated rings. The van der Waals surface area contributed by atoms with Gasteiger partial charge < -0.3 is 10.2 Å². The highest BCUT2D eigenvalue weighted by atomic mass is 32.1. The maximum absolute atomic E-state index is 12.9. The van der Waals surface area contributed by atoms with Gasteiger partial charge in [-0.1, -0.05) is 18.2 Å². The van der Waals surface area contributed by atoms with Gasteiger partial charge in [-0.2, -0.15) is 0 Å².